The van der Waals surface area contributed by atoms with E-state index in [1.807, 2.05) is 24.8 Å². The van der Waals surface area contributed by atoms with E-state index in [4.69, 9.17) is 0 Å². The number of nitrogens with one attached hydrogen (secondary N) is 1. The number of nitrogens with zero attached hydrogens (tertiary/aromatic N) is 3. The van der Waals surface area contributed by atoms with Crippen LogP contribution in [0.5, 0.6) is 0 Å². The first-order chi connectivity index (χ1) is 12.5. The van der Waals surface area contributed by atoms with Gasteiger partial charge in [-0.05, 0) is 56.4 Å². The molecule has 2 aromatic rings. The normalized spacial score (nSPS) is 17.6. The van der Waals surface area contributed by atoms with Crippen LogP contribution in [0.1, 0.15) is 61.3 Å². The summed E-state index contributed by atoms with van der Waals surface area (Å²) in [5.74, 6) is 0.632. The minimum absolute atomic E-state index is 0.0918. The zero-order chi connectivity index (χ0) is 18.7. The Hall–Kier alpha value is -2.30. The van der Waals surface area contributed by atoms with E-state index in [0.29, 0.717) is 18.2 Å². The number of aromatic nitrogens is 2. The smallest absolute Gasteiger partial charge is 0.272 e. The first-order valence-corrected chi connectivity index (χ1v) is 9.68. The molecule has 1 aliphatic heterocycles. The van der Waals surface area contributed by atoms with Gasteiger partial charge in [-0.2, -0.15) is 5.10 Å². The van der Waals surface area contributed by atoms with Crippen LogP contribution in [0.15, 0.2) is 30.3 Å². The van der Waals surface area contributed by atoms with Crippen LogP contribution in [0.25, 0.3) is 0 Å². The molecule has 0 aliphatic carbocycles. The van der Waals surface area contributed by atoms with Crippen molar-refractivity contribution in [2.45, 2.75) is 59.0 Å². The van der Waals surface area contributed by atoms with Gasteiger partial charge in [-0.15, -0.1) is 0 Å². The van der Waals surface area contributed by atoms with Crippen molar-refractivity contribution in [2.75, 3.05) is 18.4 Å². The van der Waals surface area contributed by atoms with Crippen LogP contribution in [0.2, 0.25) is 0 Å². The van der Waals surface area contributed by atoms with Crippen molar-refractivity contribution >= 4 is 11.6 Å². The van der Waals surface area contributed by atoms with Crippen molar-refractivity contribution in [3.63, 3.8) is 0 Å². The Morgan fingerprint density at radius 2 is 2.04 bits per heavy atom. The van der Waals surface area contributed by atoms with Gasteiger partial charge in [0.25, 0.3) is 5.91 Å². The molecule has 1 fully saturated rings. The van der Waals surface area contributed by atoms with Crippen LogP contribution in [0, 0.1) is 6.92 Å². The third-order valence-electron chi connectivity index (χ3n) is 5.08. The summed E-state index contributed by atoms with van der Waals surface area (Å²) in [5, 5.41) is 8.01. The standard InChI is InChI=1S/C21H30N4O/c1-5-25-20(13-16(4)23-25)21(26)24-12-6-7-19(14-24)22-18-10-8-17(9-11-18)15(2)3/h8-11,13,15,19,22H,5-7,12,14H2,1-4H3. The lowest BCUT2D eigenvalue weighted by Gasteiger charge is -2.33. The third kappa shape index (κ3) is 4.09. The number of carbonyl (C=O) groups excluding carboxylic acids is 1. The summed E-state index contributed by atoms with van der Waals surface area (Å²) in [6.07, 6.45) is 2.11. The maximum Gasteiger partial charge on any atom is 0.272 e. The van der Waals surface area contributed by atoms with Crippen molar-refractivity contribution < 1.29 is 4.79 Å². The van der Waals surface area contributed by atoms with Crippen molar-refractivity contribution in [1.29, 1.82) is 0 Å². The highest BCUT2D eigenvalue weighted by Gasteiger charge is 2.26. The zero-order valence-electron chi connectivity index (χ0n) is 16.3. The second-order valence-corrected chi connectivity index (χ2v) is 7.50. The largest absolute Gasteiger partial charge is 0.381 e. The lowest BCUT2D eigenvalue weighted by molar-refractivity contribution is 0.0702. The van der Waals surface area contributed by atoms with Gasteiger partial charge in [0.1, 0.15) is 5.69 Å². The van der Waals surface area contributed by atoms with Crippen LogP contribution in [-0.2, 0) is 6.54 Å². The SMILES string of the molecule is CCn1nc(C)cc1C(=O)N1CCCC(Nc2ccc(C(C)C)cc2)C1. The van der Waals surface area contributed by atoms with Crippen LogP contribution in [0.4, 0.5) is 5.69 Å². The number of likely N-dealkylation sites (tertiary alicyclic amines) is 1. The molecule has 1 atom stereocenters. The number of carbonyl (C=O) groups is 1. The number of anilines is 1. The fourth-order valence-corrected chi connectivity index (χ4v) is 3.60. The van der Waals surface area contributed by atoms with Gasteiger partial charge in [0.2, 0.25) is 0 Å². The van der Waals surface area contributed by atoms with Crippen LogP contribution < -0.4 is 5.32 Å². The van der Waals surface area contributed by atoms with Gasteiger partial charge in [0, 0.05) is 31.4 Å². The van der Waals surface area contributed by atoms with Gasteiger partial charge in [0.05, 0.1) is 5.69 Å². The highest BCUT2D eigenvalue weighted by Crippen LogP contribution is 2.21. The van der Waals surface area contributed by atoms with Gasteiger partial charge in [-0.1, -0.05) is 26.0 Å². The van der Waals surface area contributed by atoms with Gasteiger partial charge in [-0.25, -0.2) is 0 Å². The summed E-state index contributed by atoms with van der Waals surface area (Å²) in [4.78, 5) is 14.9. The van der Waals surface area contributed by atoms with Crippen molar-refractivity contribution in [3.8, 4) is 0 Å². The summed E-state index contributed by atoms with van der Waals surface area (Å²) < 4.78 is 1.80. The fraction of sp³-hybridized carbons (Fsp3) is 0.524. The highest BCUT2D eigenvalue weighted by molar-refractivity contribution is 5.92. The average Bonchev–Trinajstić information content (AvgIpc) is 3.02. The monoisotopic (exact) mass is 354 g/mol. The summed E-state index contributed by atoms with van der Waals surface area (Å²) >= 11 is 0. The maximum atomic E-state index is 12.9. The summed E-state index contributed by atoms with van der Waals surface area (Å²) in [6, 6.07) is 10.8. The Balaban J connectivity index is 1.66. The summed E-state index contributed by atoms with van der Waals surface area (Å²) in [7, 11) is 0. The molecule has 1 aromatic carbocycles. The topological polar surface area (TPSA) is 50.2 Å². The third-order valence-corrected chi connectivity index (χ3v) is 5.08. The first kappa shape index (κ1) is 18.5. The summed E-state index contributed by atoms with van der Waals surface area (Å²) in [6.45, 7) is 10.6. The Kier molecular flexibility index (Phi) is 5.64. The molecule has 1 N–H and O–H groups in total. The predicted molar refractivity (Wildman–Crippen MR) is 106 cm³/mol. The molecule has 5 nitrogen and oxygen atoms in total. The van der Waals surface area contributed by atoms with Gasteiger partial charge >= 0.3 is 0 Å². The molecule has 0 bridgehead atoms. The minimum atomic E-state index is 0.0918. The number of rotatable bonds is 5. The van der Waals surface area contributed by atoms with Crippen molar-refractivity contribution in [1.82, 2.24) is 14.7 Å². The number of piperidine rings is 1. The minimum Gasteiger partial charge on any atom is -0.381 e. The first-order valence-electron chi connectivity index (χ1n) is 9.68. The van der Waals surface area contributed by atoms with Crippen molar-refractivity contribution in [3.05, 3.63) is 47.3 Å². The molecule has 1 saturated heterocycles. The van der Waals surface area contributed by atoms with Crippen LogP contribution in [-0.4, -0.2) is 39.7 Å². The number of hydrogen-bond donors (Lipinski definition) is 1. The molecule has 1 amide bonds. The molecule has 140 valence electrons. The maximum absolute atomic E-state index is 12.9. The lowest BCUT2D eigenvalue weighted by atomic mass is 10.0. The Morgan fingerprint density at radius 3 is 2.69 bits per heavy atom. The lowest BCUT2D eigenvalue weighted by Crippen LogP contribution is -2.45. The number of benzene rings is 1. The van der Waals surface area contributed by atoms with E-state index in [1.165, 1.54) is 5.56 Å². The molecule has 0 spiro atoms. The molecule has 2 heterocycles. The molecule has 0 saturated carbocycles. The molecule has 1 aliphatic rings. The second-order valence-electron chi connectivity index (χ2n) is 7.50. The molecule has 3 rings (SSSR count). The van der Waals surface area contributed by atoms with E-state index < -0.39 is 0 Å². The zero-order valence-corrected chi connectivity index (χ0v) is 16.3. The summed E-state index contributed by atoms with van der Waals surface area (Å²) in [5.41, 5.74) is 4.07. The number of aryl methyl sites for hydroxylation is 2. The molecular formula is C21H30N4O. The fourth-order valence-electron chi connectivity index (χ4n) is 3.60. The average molecular weight is 354 g/mol. The van der Waals surface area contributed by atoms with E-state index in [1.54, 1.807) is 4.68 Å². The Bertz CT molecular complexity index is 748. The highest BCUT2D eigenvalue weighted by atomic mass is 16.2. The number of hydrogen-bond acceptors (Lipinski definition) is 3. The quantitative estimate of drug-likeness (QED) is 0.881. The van der Waals surface area contributed by atoms with Gasteiger partial charge in [-0.3, -0.25) is 9.48 Å². The molecule has 5 heteroatoms. The molecule has 26 heavy (non-hydrogen) atoms. The second kappa shape index (κ2) is 7.94. The van der Waals surface area contributed by atoms with Crippen molar-refractivity contribution in [2.24, 2.45) is 0 Å². The van der Waals surface area contributed by atoms with Gasteiger partial charge < -0.3 is 10.2 Å². The van der Waals surface area contributed by atoms with Gasteiger partial charge in [0.15, 0.2) is 0 Å². The Morgan fingerprint density at radius 1 is 1.31 bits per heavy atom. The molecule has 1 aromatic heterocycles. The van der Waals surface area contributed by atoms with E-state index in [2.05, 4.69) is 48.5 Å². The number of amides is 1. The molecule has 0 radical (unpaired) electrons. The van der Waals surface area contributed by atoms with E-state index in [9.17, 15) is 4.79 Å². The van der Waals surface area contributed by atoms with E-state index >= 15 is 0 Å². The molecular weight excluding hydrogens is 324 g/mol. The molecule has 1 unspecified atom stereocenters. The predicted octanol–water partition coefficient (Wildman–Crippen LogP) is 4.05. The Labute approximate surface area is 156 Å². The van der Waals surface area contributed by atoms with Crippen LogP contribution >= 0.6 is 0 Å². The van der Waals surface area contributed by atoms with E-state index in [0.717, 1.165) is 37.3 Å². The van der Waals surface area contributed by atoms with E-state index in [-0.39, 0.29) is 11.9 Å². The van der Waals surface area contributed by atoms with Crippen LogP contribution in [0.3, 0.4) is 0 Å².